The van der Waals surface area contributed by atoms with E-state index in [0.717, 1.165) is 17.2 Å². The van der Waals surface area contributed by atoms with E-state index in [1.807, 2.05) is 36.4 Å². The first-order valence-corrected chi connectivity index (χ1v) is 10.2. The third kappa shape index (κ3) is 3.57. The van der Waals surface area contributed by atoms with Gasteiger partial charge in [0.05, 0.1) is 16.7 Å². The van der Waals surface area contributed by atoms with Gasteiger partial charge in [-0.3, -0.25) is 0 Å². The van der Waals surface area contributed by atoms with Crippen molar-refractivity contribution in [3.8, 4) is 5.75 Å². The zero-order valence-corrected chi connectivity index (χ0v) is 16.9. The first kappa shape index (κ1) is 18.4. The van der Waals surface area contributed by atoms with Gasteiger partial charge in [-0.2, -0.15) is 0 Å². The van der Waals surface area contributed by atoms with Crippen LogP contribution < -0.4 is 4.74 Å². The minimum Gasteiger partial charge on any atom is -0.493 e. The van der Waals surface area contributed by atoms with Crippen molar-refractivity contribution in [2.75, 3.05) is 13.7 Å². The standard InChI is InChI=1S/C21H22Cl3NO/c1-25-15-5-9-21(25)18(12-26-16-6-3-14(22)4-7-16)17(11-15)13-2-8-19(23)20(24)10-13/h2-4,6-8,10,15,17-18,21H,5,9,11-12H2,1H3/t15-,17+,18+,21+/m0/s1. The van der Waals surface area contributed by atoms with Crippen LogP contribution in [0.3, 0.4) is 0 Å². The molecule has 0 aromatic heterocycles. The van der Waals surface area contributed by atoms with Crippen LogP contribution in [0.15, 0.2) is 42.5 Å². The van der Waals surface area contributed by atoms with Crippen molar-refractivity contribution < 1.29 is 4.74 Å². The van der Waals surface area contributed by atoms with Gasteiger partial charge in [0.15, 0.2) is 0 Å². The van der Waals surface area contributed by atoms with Crippen LogP contribution >= 0.6 is 34.8 Å². The number of halogens is 3. The van der Waals surface area contributed by atoms with E-state index in [1.165, 1.54) is 18.4 Å². The zero-order valence-electron chi connectivity index (χ0n) is 14.7. The van der Waals surface area contributed by atoms with Crippen molar-refractivity contribution in [1.29, 1.82) is 0 Å². The van der Waals surface area contributed by atoms with Crippen LogP contribution in [0.4, 0.5) is 0 Å². The largest absolute Gasteiger partial charge is 0.493 e. The molecule has 2 aliphatic rings. The Morgan fingerprint density at radius 3 is 2.50 bits per heavy atom. The van der Waals surface area contributed by atoms with Gasteiger partial charge in [-0.05, 0) is 74.2 Å². The van der Waals surface area contributed by atoms with E-state index in [4.69, 9.17) is 39.5 Å². The molecule has 0 radical (unpaired) electrons. The number of hydrogen-bond acceptors (Lipinski definition) is 2. The maximum atomic E-state index is 6.30. The smallest absolute Gasteiger partial charge is 0.119 e. The van der Waals surface area contributed by atoms with Crippen LogP contribution in [-0.4, -0.2) is 30.6 Å². The first-order valence-electron chi connectivity index (χ1n) is 9.08. The first-order chi connectivity index (χ1) is 12.5. The number of benzene rings is 2. The summed E-state index contributed by atoms with van der Waals surface area (Å²) in [5.41, 5.74) is 1.27. The SMILES string of the molecule is CN1[C@H]2CC[C@@H]1[C@H](COc1ccc(Cl)cc1)[C@@H](c1ccc(Cl)c(Cl)c1)C2. The van der Waals surface area contributed by atoms with E-state index < -0.39 is 0 Å². The summed E-state index contributed by atoms with van der Waals surface area (Å²) in [4.78, 5) is 2.55. The quantitative estimate of drug-likeness (QED) is 0.587. The molecule has 2 saturated heterocycles. The highest BCUT2D eigenvalue weighted by Gasteiger charge is 2.46. The lowest BCUT2D eigenvalue weighted by Gasteiger charge is -2.43. The van der Waals surface area contributed by atoms with Crippen LogP contribution in [0.5, 0.6) is 5.75 Å². The maximum Gasteiger partial charge on any atom is 0.119 e. The summed E-state index contributed by atoms with van der Waals surface area (Å²) in [6.45, 7) is 0.689. The number of hydrogen-bond donors (Lipinski definition) is 0. The third-order valence-corrected chi connectivity index (χ3v) is 7.05. The van der Waals surface area contributed by atoms with Gasteiger partial charge in [0.2, 0.25) is 0 Å². The molecule has 0 saturated carbocycles. The Kier molecular flexibility index (Phi) is 5.38. The van der Waals surface area contributed by atoms with Gasteiger partial charge < -0.3 is 9.64 Å². The van der Waals surface area contributed by atoms with Crippen molar-refractivity contribution in [3.63, 3.8) is 0 Å². The van der Waals surface area contributed by atoms with E-state index in [2.05, 4.69) is 18.0 Å². The number of nitrogens with zero attached hydrogens (tertiary/aromatic N) is 1. The minimum atomic E-state index is 0.423. The summed E-state index contributed by atoms with van der Waals surface area (Å²) in [5, 5.41) is 1.97. The maximum absolute atomic E-state index is 6.30. The van der Waals surface area contributed by atoms with Crippen molar-refractivity contribution in [1.82, 2.24) is 4.90 Å². The molecule has 2 aromatic rings. The summed E-state index contributed by atoms with van der Waals surface area (Å²) < 4.78 is 6.16. The molecule has 2 fully saturated rings. The lowest BCUT2D eigenvalue weighted by molar-refractivity contribution is 0.0666. The summed E-state index contributed by atoms with van der Waals surface area (Å²) in [6, 6.07) is 14.9. The molecular formula is C21H22Cl3NO. The second-order valence-corrected chi connectivity index (χ2v) is 8.66. The van der Waals surface area contributed by atoms with Gasteiger partial charge in [0.25, 0.3) is 0 Å². The number of fused-ring (bicyclic) bond motifs is 2. The second-order valence-electron chi connectivity index (χ2n) is 7.41. The van der Waals surface area contributed by atoms with E-state index in [-0.39, 0.29) is 0 Å². The summed E-state index contributed by atoms with van der Waals surface area (Å²) in [6.07, 6.45) is 3.63. The molecule has 5 heteroatoms. The predicted molar refractivity (Wildman–Crippen MR) is 109 cm³/mol. The molecule has 2 bridgehead atoms. The zero-order chi connectivity index (χ0) is 18.3. The highest BCUT2D eigenvalue weighted by atomic mass is 35.5. The van der Waals surface area contributed by atoms with E-state index >= 15 is 0 Å². The number of rotatable bonds is 4. The van der Waals surface area contributed by atoms with Crippen LogP contribution in [0.2, 0.25) is 15.1 Å². The fourth-order valence-electron chi connectivity index (χ4n) is 4.65. The van der Waals surface area contributed by atoms with Gasteiger partial charge in [0, 0.05) is 23.0 Å². The molecule has 0 spiro atoms. The summed E-state index contributed by atoms with van der Waals surface area (Å²) >= 11 is 18.4. The topological polar surface area (TPSA) is 12.5 Å². The van der Waals surface area contributed by atoms with E-state index in [1.54, 1.807) is 0 Å². The Morgan fingerprint density at radius 2 is 1.77 bits per heavy atom. The fourth-order valence-corrected chi connectivity index (χ4v) is 5.09. The highest BCUT2D eigenvalue weighted by molar-refractivity contribution is 6.42. The molecular weight excluding hydrogens is 389 g/mol. The third-order valence-electron chi connectivity index (χ3n) is 6.06. The lowest BCUT2D eigenvalue weighted by atomic mass is 9.76. The Labute approximate surface area is 170 Å². The Morgan fingerprint density at radius 1 is 1.00 bits per heavy atom. The van der Waals surface area contributed by atoms with Gasteiger partial charge in [-0.15, -0.1) is 0 Å². The number of piperidine rings is 1. The van der Waals surface area contributed by atoms with Crippen molar-refractivity contribution >= 4 is 34.8 Å². The van der Waals surface area contributed by atoms with Crippen LogP contribution in [0.1, 0.15) is 30.7 Å². The normalized spacial score (nSPS) is 28.3. The molecule has 26 heavy (non-hydrogen) atoms. The Bertz CT molecular complexity index is 779. The summed E-state index contributed by atoms with van der Waals surface area (Å²) in [7, 11) is 2.25. The van der Waals surface area contributed by atoms with Crippen molar-refractivity contribution in [3.05, 3.63) is 63.1 Å². The molecule has 0 N–H and O–H groups in total. The second kappa shape index (κ2) is 7.59. The van der Waals surface area contributed by atoms with Gasteiger partial charge in [-0.1, -0.05) is 40.9 Å². The molecule has 4 atom stereocenters. The molecule has 0 unspecified atom stereocenters. The average Bonchev–Trinajstić information content (AvgIpc) is 2.88. The molecule has 138 valence electrons. The molecule has 2 aromatic carbocycles. The van der Waals surface area contributed by atoms with Crippen LogP contribution in [-0.2, 0) is 0 Å². The molecule has 0 aliphatic carbocycles. The molecule has 2 heterocycles. The fraction of sp³-hybridized carbons (Fsp3) is 0.429. The van der Waals surface area contributed by atoms with Crippen LogP contribution in [0.25, 0.3) is 0 Å². The Hall–Kier alpha value is -0.930. The minimum absolute atomic E-state index is 0.423. The number of ether oxygens (including phenoxy) is 1. The average molecular weight is 411 g/mol. The Balaban J connectivity index is 1.58. The monoisotopic (exact) mass is 409 g/mol. The molecule has 0 amide bonds. The molecule has 2 nitrogen and oxygen atoms in total. The van der Waals surface area contributed by atoms with Crippen LogP contribution in [0, 0.1) is 5.92 Å². The van der Waals surface area contributed by atoms with Crippen molar-refractivity contribution in [2.24, 2.45) is 5.92 Å². The van der Waals surface area contributed by atoms with Gasteiger partial charge in [0.1, 0.15) is 5.75 Å². The van der Waals surface area contributed by atoms with Gasteiger partial charge in [-0.25, -0.2) is 0 Å². The molecule has 2 aliphatic heterocycles. The highest BCUT2D eigenvalue weighted by Crippen LogP contribution is 2.47. The van der Waals surface area contributed by atoms with E-state index in [0.29, 0.717) is 40.6 Å². The van der Waals surface area contributed by atoms with Crippen molar-refractivity contribution in [2.45, 2.75) is 37.3 Å². The molecule has 4 rings (SSSR count). The lowest BCUT2D eigenvalue weighted by Crippen LogP contribution is -2.47. The summed E-state index contributed by atoms with van der Waals surface area (Å²) in [5.74, 6) is 1.72. The van der Waals surface area contributed by atoms with Gasteiger partial charge >= 0.3 is 0 Å². The van der Waals surface area contributed by atoms with E-state index in [9.17, 15) is 0 Å². The predicted octanol–water partition coefficient (Wildman–Crippen LogP) is 6.29.